The molecule has 0 saturated carbocycles. The Morgan fingerprint density at radius 3 is 3.19 bits per heavy atom. The SMILES string of the molecule is CCOC(=O)c1cnc2sc(=S)[nH]n2c1=O. The van der Waals surface area contributed by atoms with Crippen molar-refractivity contribution in [2.24, 2.45) is 0 Å². The molecule has 2 heterocycles. The molecule has 2 aromatic heterocycles. The first-order chi connectivity index (χ1) is 7.63. The molecule has 0 saturated heterocycles. The summed E-state index contributed by atoms with van der Waals surface area (Å²) in [6.07, 6.45) is 1.20. The van der Waals surface area contributed by atoms with Gasteiger partial charge < -0.3 is 4.74 Å². The fourth-order valence-electron chi connectivity index (χ4n) is 1.16. The zero-order valence-corrected chi connectivity index (χ0v) is 9.85. The standard InChI is InChI=1S/C8H7N3O3S2/c1-2-14-6(13)4-3-9-7-11(5(4)12)10-8(15)16-7/h3H,2H2,1H3,(H,10,15). The van der Waals surface area contributed by atoms with Gasteiger partial charge in [0.2, 0.25) is 4.96 Å². The molecule has 0 aliphatic carbocycles. The average molecular weight is 257 g/mol. The topological polar surface area (TPSA) is 76.5 Å². The van der Waals surface area contributed by atoms with Crippen molar-refractivity contribution in [1.82, 2.24) is 14.6 Å². The van der Waals surface area contributed by atoms with Crippen molar-refractivity contribution in [3.05, 3.63) is 26.1 Å². The fourth-order valence-corrected chi connectivity index (χ4v) is 2.10. The third-order valence-corrected chi connectivity index (χ3v) is 2.90. The second-order valence-electron chi connectivity index (χ2n) is 2.82. The van der Waals surface area contributed by atoms with Crippen molar-refractivity contribution in [3.63, 3.8) is 0 Å². The van der Waals surface area contributed by atoms with Crippen molar-refractivity contribution >= 4 is 34.5 Å². The number of ether oxygens (including phenoxy) is 1. The highest BCUT2D eigenvalue weighted by Gasteiger charge is 2.14. The van der Waals surface area contributed by atoms with Gasteiger partial charge in [0.1, 0.15) is 5.56 Å². The molecule has 0 radical (unpaired) electrons. The molecular formula is C8H7N3O3S2. The van der Waals surface area contributed by atoms with Gasteiger partial charge >= 0.3 is 5.97 Å². The summed E-state index contributed by atoms with van der Waals surface area (Å²) >= 11 is 6.04. The lowest BCUT2D eigenvalue weighted by atomic mass is 10.3. The average Bonchev–Trinajstić information content (AvgIpc) is 2.60. The van der Waals surface area contributed by atoms with Crippen molar-refractivity contribution in [2.75, 3.05) is 6.61 Å². The van der Waals surface area contributed by atoms with Crippen LogP contribution in [0.5, 0.6) is 0 Å². The number of nitrogens with one attached hydrogen (secondary N) is 1. The van der Waals surface area contributed by atoms with E-state index in [4.69, 9.17) is 17.0 Å². The van der Waals surface area contributed by atoms with Crippen LogP contribution in [-0.4, -0.2) is 27.2 Å². The third kappa shape index (κ3) is 1.76. The Kier molecular flexibility index (Phi) is 2.84. The van der Waals surface area contributed by atoms with E-state index in [0.717, 1.165) is 15.9 Å². The molecule has 0 bridgehead atoms. The lowest BCUT2D eigenvalue weighted by molar-refractivity contribution is 0.0523. The molecule has 2 rings (SSSR count). The van der Waals surface area contributed by atoms with Gasteiger partial charge in [-0.15, -0.1) is 0 Å². The minimum absolute atomic E-state index is 0.108. The molecule has 0 fully saturated rings. The second kappa shape index (κ2) is 4.14. The number of carbonyl (C=O) groups is 1. The molecule has 0 unspecified atom stereocenters. The predicted octanol–water partition coefficient (Wildman–Crippen LogP) is 0.990. The first kappa shape index (κ1) is 11.0. The molecule has 0 atom stereocenters. The highest BCUT2D eigenvalue weighted by Crippen LogP contribution is 2.06. The minimum Gasteiger partial charge on any atom is -0.462 e. The van der Waals surface area contributed by atoms with Crippen LogP contribution in [0, 0.1) is 3.95 Å². The summed E-state index contributed by atoms with van der Waals surface area (Å²) in [4.78, 5) is 27.6. The molecular weight excluding hydrogens is 250 g/mol. The van der Waals surface area contributed by atoms with Gasteiger partial charge in [-0.3, -0.25) is 9.89 Å². The normalized spacial score (nSPS) is 10.6. The fraction of sp³-hybridized carbons (Fsp3) is 0.250. The minimum atomic E-state index is -0.681. The van der Waals surface area contributed by atoms with Crippen molar-refractivity contribution in [2.45, 2.75) is 6.92 Å². The smallest absolute Gasteiger partial charge is 0.345 e. The van der Waals surface area contributed by atoms with Crippen molar-refractivity contribution < 1.29 is 9.53 Å². The first-order valence-corrected chi connectivity index (χ1v) is 5.64. The number of aromatic amines is 1. The van der Waals surface area contributed by atoms with Gasteiger partial charge in [-0.2, -0.15) is 4.52 Å². The number of aromatic nitrogens is 3. The van der Waals surface area contributed by atoms with E-state index in [1.54, 1.807) is 6.92 Å². The summed E-state index contributed by atoms with van der Waals surface area (Å²) in [5, 5.41) is 2.63. The number of rotatable bonds is 2. The van der Waals surface area contributed by atoms with Gasteiger partial charge in [-0.1, -0.05) is 11.3 Å². The summed E-state index contributed by atoms with van der Waals surface area (Å²) in [6.45, 7) is 1.88. The van der Waals surface area contributed by atoms with Gasteiger partial charge in [0.25, 0.3) is 5.56 Å². The van der Waals surface area contributed by atoms with Crippen LogP contribution in [0.15, 0.2) is 11.0 Å². The molecule has 6 nitrogen and oxygen atoms in total. The zero-order chi connectivity index (χ0) is 11.7. The van der Waals surface area contributed by atoms with E-state index in [1.165, 1.54) is 6.20 Å². The number of hydrogen-bond acceptors (Lipinski definition) is 6. The zero-order valence-electron chi connectivity index (χ0n) is 8.22. The molecule has 0 aliphatic rings. The summed E-state index contributed by atoms with van der Waals surface area (Å²) in [6, 6.07) is 0. The molecule has 0 spiro atoms. The van der Waals surface area contributed by atoms with Gasteiger partial charge in [-0.25, -0.2) is 9.78 Å². The van der Waals surface area contributed by atoms with E-state index in [0.29, 0.717) is 8.92 Å². The van der Waals surface area contributed by atoms with Gasteiger partial charge in [0, 0.05) is 0 Å². The van der Waals surface area contributed by atoms with E-state index < -0.39 is 11.5 Å². The maximum absolute atomic E-state index is 11.8. The highest BCUT2D eigenvalue weighted by molar-refractivity contribution is 7.73. The molecule has 0 amide bonds. The quantitative estimate of drug-likeness (QED) is 0.641. The van der Waals surface area contributed by atoms with Crippen LogP contribution in [0.25, 0.3) is 4.96 Å². The van der Waals surface area contributed by atoms with Crippen LogP contribution in [0.2, 0.25) is 0 Å². The second-order valence-corrected chi connectivity index (χ2v) is 4.46. The largest absolute Gasteiger partial charge is 0.462 e. The third-order valence-electron chi connectivity index (χ3n) is 1.81. The van der Waals surface area contributed by atoms with Gasteiger partial charge in [-0.05, 0) is 19.1 Å². The first-order valence-electron chi connectivity index (χ1n) is 4.41. The Hall–Kier alpha value is -1.54. The van der Waals surface area contributed by atoms with Crippen LogP contribution >= 0.6 is 23.6 Å². The monoisotopic (exact) mass is 257 g/mol. The molecule has 2 aromatic rings. The maximum atomic E-state index is 11.8. The number of carbonyl (C=O) groups excluding carboxylic acids is 1. The van der Waals surface area contributed by atoms with Crippen LogP contribution in [0.1, 0.15) is 17.3 Å². The Morgan fingerprint density at radius 2 is 2.50 bits per heavy atom. The van der Waals surface area contributed by atoms with Crippen LogP contribution in [0.3, 0.4) is 0 Å². The Morgan fingerprint density at radius 1 is 1.75 bits per heavy atom. The van der Waals surface area contributed by atoms with E-state index in [-0.39, 0.29) is 12.2 Å². The summed E-state index contributed by atoms with van der Waals surface area (Å²) in [5.74, 6) is -0.681. The molecule has 1 N–H and O–H groups in total. The van der Waals surface area contributed by atoms with Gasteiger partial charge in [0.05, 0.1) is 12.8 Å². The summed E-state index contributed by atoms with van der Waals surface area (Å²) in [7, 11) is 0. The van der Waals surface area contributed by atoms with E-state index in [1.807, 2.05) is 0 Å². The van der Waals surface area contributed by atoms with Crippen LogP contribution in [0.4, 0.5) is 0 Å². The van der Waals surface area contributed by atoms with E-state index in [2.05, 4.69) is 10.1 Å². The molecule has 84 valence electrons. The van der Waals surface area contributed by atoms with Crippen molar-refractivity contribution in [3.8, 4) is 0 Å². The number of nitrogens with zero attached hydrogens (tertiary/aromatic N) is 2. The summed E-state index contributed by atoms with van der Waals surface area (Å²) < 4.78 is 6.30. The lowest BCUT2D eigenvalue weighted by Crippen LogP contribution is -2.24. The predicted molar refractivity (Wildman–Crippen MR) is 60.5 cm³/mol. The highest BCUT2D eigenvalue weighted by atomic mass is 32.1. The Balaban J connectivity index is 2.65. The number of hydrogen-bond donors (Lipinski definition) is 1. The number of fused-ring (bicyclic) bond motifs is 1. The van der Waals surface area contributed by atoms with Crippen LogP contribution in [-0.2, 0) is 4.74 Å². The van der Waals surface area contributed by atoms with E-state index >= 15 is 0 Å². The number of H-pyrrole nitrogens is 1. The molecule has 8 heteroatoms. The summed E-state index contributed by atoms with van der Waals surface area (Å²) in [5.41, 5.74) is -0.612. The Bertz CT molecular complexity index is 654. The van der Waals surface area contributed by atoms with Crippen molar-refractivity contribution in [1.29, 1.82) is 0 Å². The lowest BCUT2D eigenvalue weighted by Gasteiger charge is -2.00. The Labute approximate surface area is 98.5 Å². The molecule has 0 aromatic carbocycles. The maximum Gasteiger partial charge on any atom is 0.345 e. The number of esters is 1. The van der Waals surface area contributed by atoms with Crippen LogP contribution < -0.4 is 5.56 Å². The van der Waals surface area contributed by atoms with E-state index in [9.17, 15) is 9.59 Å². The van der Waals surface area contributed by atoms with Gasteiger partial charge in [0.15, 0.2) is 3.95 Å². The molecule has 16 heavy (non-hydrogen) atoms. The molecule has 0 aliphatic heterocycles.